The van der Waals surface area contributed by atoms with Gasteiger partial charge in [-0.25, -0.2) is 19.2 Å². The van der Waals surface area contributed by atoms with E-state index in [1.165, 1.54) is 46.8 Å². The molecule has 6 N–H and O–H groups in total. The molecule has 2 saturated heterocycles. The molecular weight excluding hydrogens is 744 g/mol. The molecular formula is C38H50O18. The van der Waals surface area contributed by atoms with Crippen molar-refractivity contribution in [2.45, 2.75) is 133 Å². The first kappa shape index (κ1) is 44.6. The van der Waals surface area contributed by atoms with Crippen molar-refractivity contribution in [1.82, 2.24) is 0 Å². The molecule has 2 heterocycles. The maximum absolute atomic E-state index is 13.7. The smallest absolute Gasteiger partial charge is 0.339 e. The zero-order valence-electron chi connectivity index (χ0n) is 31.4. The van der Waals surface area contributed by atoms with E-state index in [9.17, 15) is 49.8 Å². The highest BCUT2D eigenvalue weighted by molar-refractivity contribution is 5.89. The molecule has 0 saturated carbocycles. The lowest BCUT2D eigenvalue weighted by Crippen LogP contribution is -2.64. The van der Waals surface area contributed by atoms with Crippen LogP contribution >= 0.6 is 0 Å². The van der Waals surface area contributed by atoms with Crippen LogP contribution in [0, 0.1) is 0 Å². The van der Waals surface area contributed by atoms with Crippen LogP contribution in [0.15, 0.2) is 60.7 Å². The molecule has 310 valence electrons. The van der Waals surface area contributed by atoms with E-state index in [4.69, 9.17) is 37.9 Å². The first-order valence-electron chi connectivity index (χ1n) is 18.1. The Labute approximate surface area is 322 Å². The monoisotopic (exact) mass is 794 g/mol. The van der Waals surface area contributed by atoms with Crippen molar-refractivity contribution in [3.8, 4) is 0 Å². The summed E-state index contributed by atoms with van der Waals surface area (Å²) in [5.74, 6) is -4.93. The first-order chi connectivity index (χ1) is 26.5. The Morgan fingerprint density at radius 3 is 1.70 bits per heavy atom. The normalized spacial score (nSPS) is 29.6. The number of esters is 3. The number of carboxylic acid groups (broad SMARTS) is 1. The Kier molecular flexibility index (Phi) is 16.2. The lowest BCUT2D eigenvalue weighted by atomic mass is 9.97. The first-order valence-corrected chi connectivity index (χ1v) is 18.1. The number of aliphatic hydroxyl groups excluding tert-OH is 5. The van der Waals surface area contributed by atoms with Crippen molar-refractivity contribution in [1.29, 1.82) is 0 Å². The van der Waals surface area contributed by atoms with Gasteiger partial charge in [0.1, 0.15) is 36.6 Å². The Morgan fingerprint density at radius 1 is 0.679 bits per heavy atom. The van der Waals surface area contributed by atoms with Crippen LogP contribution in [0.25, 0.3) is 0 Å². The van der Waals surface area contributed by atoms with Gasteiger partial charge in [0.15, 0.2) is 37.0 Å². The summed E-state index contributed by atoms with van der Waals surface area (Å²) < 4.78 is 45.4. The van der Waals surface area contributed by atoms with Crippen LogP contribution in [0.4, 0.5) is 0 Å². The average Bonchev–Trinajstić information content (AvgIpc) is 3.15. The number of aliphatic hydroxyl groups is 5. The van der Waals surface area contributed by atoms with Gasteiger partial charge in [0.25, 0.3) is 0 Å². The molecule has 0 aromatic heterocycles. The Morgan fingerprint density at radius 2 is 1.20 bits per heavy atom. The molecule has 2 aliphatic heterocycles. The van der Waals surface area contributed by atoms with Crippen molar-refractivity contribution < 1.29 is 87.7 Å². The van der Waals surface area contributed by atoms with E-state index in [-0.39, 0.29) is 12.0 Å². The molecule has 56 heavy (non-hydrogen) atoms. The summed E-state index contributed by atoms with van der Waals surface area (Å²) in [5, 5.41) is 63.9. The van der Waals surface area contributed by atoms with Crippen molar-refractivity contribution >= 4 is 23.9 Å². The summed E-state index contributed by atoms with van der Waals surface area (Å²) >= 11 is 0. The zero-order valence-corrected chi connectivity index (χ0v) is 31.4. The van der Waals surface area contributed by atoms with Crippen molar-refractivity contribution in [3.05, 3.63) is 71.8 Å². The maximum atomic E-state index is 13.7. The van der Waals surface area contributed by atoms with E-state index in [0.717, 1.165) is 0 Å². The molecule has 2 fully saturated rings. The van der Waals surface area contributed by atoms with Crippen LogP contribution in [0.2, 0.25) is 0 Å². The fourth-order valence-electron chi connectivity index (χ4n) is 5.94. The minimum absolute atomic E-state index is 0.0640. The van der Waals surface area contributed by atoms with Gasteiger partial charge in [-0.05, 0) is 52.3 Å². The quantitative estimate of drug-likeness (QED) is 0.0900. The number of hydrogen-bond donors (Lipinski definition) is 6. The number of aliphatic carboxylic acids is 1. The summed E-state index contributed by atoms with van der Waals surface area (Å²) in [5.41, 5.74) is 0.596. The van der Waals surface area contributed by atoms with Crippen LogP contribution in [-0.2, 0) is 58.7 Å². The maximum Gasteiger partial charge on any atom is 0.339 e. The highest BCUT2D eigenvalue weighted by atomic mass is 16.8. The van der Waals surface area contributed by atoms with Gasteiger partial charge in [-0.15, -0.1) is 0 Å². The second-order valence-corrected chi connectivity index (χ2v) is 13.8. The van der Waals surface area contributed by atoms with Gasteiger partial charge in [-0.2, -0.15) is 0 Å². The fourth-order valence-corrected chi connectivity index (χ4v) is 5.94. The molecule has 2 aromatic carbocycles. The predicted octanol–water partition coefficient (Wildman–Crippen LogP) is -0.128. The SMILES string of the molecule is CC(C)OC(=O)[C@H](O[C@@H]1O[C@@H](C)[C@@H](O)[C@@H](O)[C@@H]1O)[C@@H](O[C@@H]1O[C@H](CO)[C@H](OC(=O)c2ccccc2)[C@H](O[C@H](Cc2ccccc2)C(=O)O)[C@H]1O)C(=O)OC(C)C. The summed E-state index contributed by atoms with van der Waals surface area (Å²) in [7, 11) is 0. The highest BCUT2D eigenvalue weighted by Crippen LogP contribution is 2.32. The van der Waals surface area contributed by atoms with Crippen LogP contribution in [0.5, 0.6) is 0 Å². The number of benzene rings is 2. The number of carboxylic acids is 1. The van der Waals surface area contributed by atoms with Crippen molar-refractivity contribution in [2.75, 3.05) is 6.61 Å². The van der Waals surface area contributed by atoms with E-state index in [0.29, 0.717) is 5.56 Å². The minimum atomic E-state index is -2.22. The number of carbonyl (C=O) groups excluding carboxylic acids is 3. The van der Waals surface area contributed by atoms with E-state index >= 15 is 0 Å². The third-order valence-corrected chi connectivity index (χ3v) is 8.72. The third kappa shape index (κ3) is 11.5. The van der Waals surface area contributed by atoms with Crippen molar-refractivity contribution in [3.63, 3.8) is 0 Å². The number of hydrogen-bond acceptors (Lipinski definition) is 17. The van der Waals surface area contributed by atoms with E-state index in [2.05, 4.69) is 0 Å². The van der Waals surface area contributed by atoms with Gasteiger partial charge in [0.05, 0.1) is 30.5 Å². The van der Waals surface area contributed by atoms with E-state index in [1.54, 1.807) is 48.5 Å². The van der Waals surface area contributed by atoms with E-state index < -0.39 is 122 Å². The lowest BCUT2D eigenvalue weighted by Gasteiger charge is -2.45. The highest BCUT2D eigenvalue weighted by Gasteiger charge is 2.54. The van der Waals surface area contributed by atoms with Crippen LogP contribution in [-0.4, -0.2) is 153 Å². The predicted molar refractivity (Wildman–Crippen MR) is 188 cm³/mol. The summed E-state index contributed by atoms with van der Waals surface area (Å²) in [6, 6.07) is 16.0. The largest absolute Gasteiger partial charge is 0.479 e. The van der Waals surface area contributed by atoms with Gasteiger partial charge in [-0.1, -0.05) is 48.5 Å². The molecule has 0 spiro atoms. The van der Waals surface area contributed by atoms with Gasteiger partial charge >= 0.3 is 23.9 Å². The number of ether oxygens (including phenoxy) is 8. The lowest BCUT2D eigenvalue weighted by molar-refractivity contribution is -0.338. The molecule has 2 aromatic rings. The Hall–Kier alpha value is -4.08. The topological polar surface area (TPSA) is 263 Å². The molecule has 0 amide bonds. The molecule has 13 atom stereocenters. The molecule has 2 aliphatic rings. The fraction of sp³-hybridized carbons (Fsp3) is 0.579. The van der Waals surface area contributed by atoms with Crippen LogP contribution < -0.4 is 0 Å². The molecule has 0 bridgehead atoms. The number of carbonyl (C=O) groups is 4. The third-order valence-electron chi connectivity index (χ3n) is 8.72. The zero-order chi connectivity index (χ0) is 41.3. The van der Waals surface area contributed by atoms with Gasteiger partial charge in [-0.3, -0.25) is 0 Å². The number of rotatable bonds is 17. The second-order valence-electron chi connectivity index (χ2n) is 13.8. The van der Waals surface area contributed by atoms with E-state index in [1.807, 2.05) is 0 Å². The van der Waals surface area contributed by atoms with Gasteiger partial charge in [0.2, 0.25) is 0 Å². The second kappa shape index (κ2) is 20.4. The molecule has 18 heteroatoms. The average molecular weight is 795 g/mol. The summed E-state index contributed by atoms with van der Waals surface area (Å²) in [6.45, 7) is 6.35. The molecule has 0 unspecified atom stereocenters. The van der Waals surface area contributed by atoms with Crippen LogP contribution in [0.3, 0.4) is 0 Å². The molecule has 4 rings (SSSR count). The molecule has 18 nitrogen and oxygen atoms in total. The molecule has 0 aliphatic carbocycles. The summed E-state index contributed by atoms with van der Waals surface area (Å²) in [6.07, 6.45) is -25.5. The van der Waals surface area contributed by atoms with Crippen molar-refractivity contribution in [2.24, 2.45) is 0 Å². The Balaban J connectivity index is 1.75. The van der Waals surface area contributed by atoms with Crippen LogP contribution in [0.1, 0.15) is 50.5 Å². The minimum Gasteiger partial charge on any atom is -0.479 e. The standard InChI is InChI=1S/C38H50O18/c1-18(2)49-35(47)31(55-37-27(42)26(41)25(40)20(5)51-37)32(36(48)50-19(3)4)56-38-28(43)30(52-23(33(44)45)16-21-12-8-6-9-13-21)29(24(17-39)53-38)54-34(46)22-14-10-7-11-15-22/h6-15,18-20,23-32,37-43H,16-17H2,1-5H3,(H,44,45)/t20-,23+,24+,25+,26+,27-,28+,29-,30+,31+,32+,37-,38-/m0/s1. The van der Waals surface area contributed by atoms with Gasteiger partial charge in [0, 0.05) is 6.42 Å². The van der Waals surface area contributed by atoms with Gasteiger partial charge < -0.3 is 68.5 Å². The summed E-state index contributed by atoms with van der Waals surface area (Å²) in [4.78, 5) is 53.2. The Bertz CT molecular complexity index is 1570. The molecule has 0 radical (unpaired) electrons.